The minimum absolute atomic E-state index is 0.337. The molecule has 2 rings (SSSR count). The van der Waals surface area contributed by atoms with E-state index in [1.54, 1.807) is 7.11 Å². The van der Waals surface area contributed by atoms with Crippen LogP contribution in [0, 0.1) is 13.8 Å². The zero-order chi connectivity index (χ0) is 17.5. The van der Waals surface area contributed by atoms with E-state index in [-0.39, 0.29) is 0 Å². The fraction of sp³-hybridized carbons (Fsp3) is 0.684. The summed E-state index contributed by atoms with van der Waals surface area (Å²) in [6.45, 7) is 12.1. The molecule has 0 saturated carbocycles. The molecule has 5 nitrogen and oxygen atoms in total. The molecular weight excluding hydrogens is 304 g/mol. The predicted molar refractivity (Wildman–Crippen MR) is 96.8 cm³/mol. The Morgan fingerprint density at radius 2 is 1.83 bits per heavy atom. The number of aliphatic hydroxyl groups excluding tert-OH is 1. The van der Waals surface area contributed by atoms with Crippen molar-refractivity contribution in [3.63, 3.8) is 0 Å². The summed E-state index contributed by atoms with van der Waals surface area (Å²) in [6, 6.07) is 6.57. The molecular formula is C19H32N2O3. The lowest BCUT2D eigenvalue weighted by Crippen LogP contribution is -2.52. The molecule has 2 unspecified atom stereocenters. The molecule has 1 N–H and O–H groups in total. The Bertz CT molecular complexity index is 501. The van der Waals surface area contributed by atoms with Crippen LogP contribution in [0.15, 0.2) is 18.2 Å². The van der Waals surface area contributed by atoms with Crippen LogP contribution in [0.4, 0.5) is 0 Å². The first-order valence-electron chi connectivity index (χ1n) is 8.83. The number of hydrogen-bond donors (Lipinski definition) is 1. The number of nitrogens with zero attached hydrogens (tertiary/aromatic N) is 2. The third-order valence-corrected chi connectivity index (χ3v) is 4.67. The highest BCUT2D eigenvalue weighted by atomic mass is 16.5. The molecule has 2 atom stereocenters. The lowest BCUT2D eigenvalue weighted by atomic mass is 10.1. The zero-order valence-electron chi connectivity index (χ0n) is 15.5. The van der Waals surface area contributed by atoms with Gasteiger partial charge in [0.05, 0.1) is 6.61 Å². The van der Waals surface area contributed by atoms with Crippen molar-refractivity contribution < 1.29 is 14.6 Å². The van der Waals surface area contributed by atoms with Gasteiger partial charge in [0.1, 0.15) is 18.5 Å². The topological polar surface area (TPSA) is 45.2 Å². The number of aliphatic hydroxyl groups is 1. The summed E-state index contributed by atoms with van der Waals surface area (Å²) in [7, 11) is 1.75. The van der Waals surface area contributed by atoms with Gasteiger partial charge in [0.2, 0.25) is 0 Å². The third-order valence-electron chi connectivity index (χ3n) is 4.67. The number of hydrogen-bond acceptors (Lipinski definition) is 5. The third kappa shape index (κ3) is 5.74. The number of ether oxygens (including phenoxy) is 2. The van der Waals surface area contributed by atoms with Gasteiger partial charge in [0.15, 0.2) is 0 Å². The van der Waals surface area contributed by atoms with E-state index in [1.165, 1.54) is 5.56 Å². The number of piperazine rings is 1. The molecule has 0 aromatic heterocycles. The number of benzene rings is 1. The van der Waals surface area contributed by atoms with Crippen LogP contribution in [0.1, 0.15) is 18.1 Å². The lowest BCUT2D eigenvalue weighted by molar-refractivity contribution is 0.0249. The first-order chi connectivity index (χ1) is 11.5. The van der Waals surface area contributed by atoms with E-state index in [0.29, 0.717) is 19.2 Å². The second-order valence-electron chi connectivity index (χ2n) is 6.87. The maximum absolute atomic E-state index is 10.3. The summed E-state index contributed by atoms with van der Waals surface area (Å²) in [6.07, 6.45) is -0.464. The van der Waals surface area contributed by atoms with E-state index in [4.69, 9.17) is 9.47 Å². The normalized spacial score (nSPS) is 19.2. The first kappa shape index (κ1) is 19.2. The van der Waals surface area contributed by atoms with E-state index in [0.717, 1.165) is 44.1 Å². The summed E-state index contributed by atoms with van der Waals surface area (Å²) in [4.78, 5) is 4.75. The van der Waals surface area contributed by atoms with Crippen molar-refractivity contribution in [2.75, 3.05) is 53.0 Å². The van der Waals surface area contributed by atoms with E-state index >= 15 is 0 Å². The Labute approximate surface area is 146 Å². The summed E-state index contributed by atoms with van der Waals surface area (Å²) < 4.78 is 11.0. The average molecular weight is 336 g/mol. The van der Waals surface area contributed by atoms with Crippen molar-refractivity contribution in [1.29, 1.82) is 0 Å². The van der Waals surface area contributed by atoms with Gasteiger partial charge in [-0.2, -0.15) is 0 Å². The molecule has 0 amide bonds. The molecule has 1 saturated heterocycles. The number of rotatable bonds is 8. The van der Waals surface area contributed by atoms with Gasteiger partial charge in [-0.15, -0.1) is 0 Å². The molecule has 1 fully saturated rings. The monoisotopic (exact) mass is 336 g/mol. The molecule has 1 heterocycles. The van der Waals surface area contributed by atoms with Crippen molar-refractivity contribution in [2.45, 2.75) is 32.9 Å². The zero-order valence-corrected chi connectivity index (χ0v) is 15.5. The Hall–Kier alpha value is -1.14. The highest BCUT2D eigenvalue weighted by Gasteiger charge is 2.22. The van der Waals surface area contributed by atoms with Crippen LogP contribution in [0.2, 0.25) is 0 Å². The van der Waals surface area contributed by atoms with E-state index in [9.17, 15) is 5.11 Å². The highest BCUT2D eigenvalue weighted by Crippen LogP contribution is 2.19. The standard InChI is InChI=1S/C19H32N2O3/c1-15-5-6-19(16(2)11-15)24-14-18(22)12-20-7-9-21(10-8-20)17(3)13-23-4/h5-6,11,17-18,22H,7-10,12-14H2,1-4H3. The van der Waals surface area contributed by atoms with Crippen molar-refractivity contribution in [2.24, 2.45) is 0 Å². The van der Waals surface area contributed by atoms with Crippen LogP contribution in [0.3, 0.4) is 0 Å². The Kier molecular flexibility index (Phi) is 7.49. The molecule has 5 heteroatoms. The lowest BCUT2D eigenvalue weighted by Gasteiger charge is -2.38. The first-order valence-corrected chi connectivity index (χ1v) is 8.83. The molecule has 1 aliphatic heterocycles. The van der Waals surface area contributed by atoms with Gasteiger partial charge < -0.3 is 14.6 Å². The number of β-amino-alcohol motifs (C(OH)–C–C–N with tert-alkyl or cyclic N) is 1. The molecule has 0 bridgehead atoms. The molecule has 1 aliphatic rings. The fourth-order valence-electron chi connectivity index (χ4n) is 3.23. The van der Waals surface area contributed by atoms with Crippen LogP contribution in [0.5, 0.6) is 5.75 Å². The van der Waals surface area contributed by atoms with Gasteiger partial charge in [-0.05, 0) is 32.4 Å². The van der Waals surface area contributed by atoms with Crippen molar-refractivity contribution in [1.82, 2.24) is 9.80 Å². The van der Waals surface area contributed by atoms with Crippen molar-refractivity contribution >= 4 is 0 Å². The largest absolute Gasteiger partial charge is 0.491 e. The number of aryl methyl sites for hydroxylation is 2. The van der Waals surface area contributed by atoms with Gasteiger partial charge in [0, 0.05) is 45.9 Å². The van der Waals surface area contributed by atoms with Crippen LogP contribution < -0.4 is 4.74 Å². The average Bonchev–Trinajstić information content (AvgIpc) is 2.55. The second-order valence-corrected chi connectivity index (χ2v) is 6.87. The summed E-state index contributed by atoms with van der Waals surface area (Å²) in [5.74, 6) is 0.859. The quantitative estimate of drug-likeness (QED) is 0.783. The van der Waals surface area contributed by atoms with Crippen LogP contribution in [0.25, 0.3) is 0 Å². The van der Waals surface area contributed by atoms with E-state index in [1.807, 2.05) is 19.1 Å². The fourth-order valence-corrected chi connectivity index (χ4v) is 3.23. The van der Waals surface area contributed by atoms with Gasteiger partial charge in [0.25, 0.3) is 0 Å². The molecule has 1 aromatic rings. The van der Waals surface area contributed by atoms with Crippen LogP contribution in [-0.2, 0) is 4.74 Å². The smallest absolute Gasteiger partial charge is 0.122 e. The summed E-state index contributed by atoms with van der Waals surface area (Å²) >= 11 is 0. The minimum atomic E-state index is -0.464. The molecule has 0 radical (unpaired) electrons. The number of methoxy groups -OCH3 is 1. The molecule has 24 heavy (non-hydrogen) atoms. The maximum atomic E-state index is 10.3. The molecule has 0 spiro atoms. The van der Waals surface area contributed by atoms with E-state index < -0.39 is 6.10 Å². The summed E-state index contributed by atoms with van der Waals surface area (Å²) in [5.41, 5.74) is 2.34. The Morgan fingerprint density at radius 3 is 2.46 bits per heavy atom. The van der Waals surface area contributed by atoms with Gasteiger partial charge in [-0.25, -0.2) is 0 Å². The second kappa shape index (κ2) is 9.37. The molecule has 136 valence electrons. The van der Waals surface area contributed by atoms with Gasteiger partial charge in [-0.3, -0.25) is 9.80 Å². The van der Waals surface area contributed by atoms with Crippen LogP contribution >= 0.6 is 0 Å². The Morgan fingerprint density at radius 1 is 1.12 bits per heavy atom. The van der Waals surface area contributed by atoms with Crippen molar-refractivity contribution in [3.05, 3.63) is 29.3 Å². The van der Waals surface area contributed by atoms with Crippen LogP contribution in [-0.4, -0.2) is 80.1 Å². The van der Waals surface area contributed by atoms with Gasteiger partial charge >= 0.3 is 0 Å². The molecule has 0 aliphatic carbocycles. The van der Waals surface area contributed by atoms with Gasteiger partial charge in [-0.1, -0.05) is 17.7 Å². The van der Waals surface area contributed by atoms with E-state index in [2.05, 4.69) is 29.7 Å². The highest BCUT2D eigenvalue weighted by molar-refractivity contribution is 5.35. The maximum Gasteiger partial charge on any atom is 0.122 e. The molecule has 1 aromatic carbocycles. The summed E-state index contributed by atoms with van der Waals surface area (Å²) in [5, 5.41) is 10.3. The predicted octanol–water partition coefficient (Wildman–Crippen LogP) is 1.70. The SMILES string of the molecule is COCC(C)N1CCN(CC(O)COc2ccc(C)cc2C)CC1. The minimum Gasteiger partial charge on any atom is -0.491 e. The van der Waals surface area contributed by atoms with Crippen molar-refractivity contribution in [3.8, 4) is 5.75 Å². The Balaban J connectivity index is 1.70.